The van der Waals surface area contributed by atoms with Gasteiger partial charge in [0.1, 0.15) is 5.82 Å². The summed E-state index contributed by atoms with van der Waals surface area (Å²) >= 11 is 0. The molecule has 9 heteroatoms. The highest BCUT2D eigenvalue weighted by molar-refractivity contribution is 5.67. The molecule has 0 radical (unpaired) electrons. The Kier molecular flexibility index (Phi) is 7.09. The number of aliphatic hydroxyl groups excluding tert-OH is 1. The van der Waals surface area contributed by atoms with Crippen LogP contribution in [0.5, 0.6) is 17.2 Å². The van der Waals surface area contributed by atoms with E-state index in [2.05, 4.69) is 25.6 Å². The summed E-state index contributed by atoms with van der Waals surface area (Å²) in [6.45, 7) is 0. The molecule has 3 N–H and O–H groups in total. The summed E-state index contributed by atoms with van der Waals surface area (Å²) in [5, 5.41) is 16.7. The van der Waals surface area contributed by atoms with E-state index in [-0.39, 0.29) is 12.1 Å². The van der Waals surface area contributed by atoms with E-state index in [9.17, 15) is 5.11 Å². The number of hydrogen-bond acceptors (Lipinski definition) is 9. The van der Waals surface area contributed by atoms with Crippen molar-refractivity contribution in [1.82, 2.24) is 15.0 Å². The van der Waals surface area contributed by atoms with E-state index in [1.165, 1.54) is 0 Å². The Hall–Kier alpha value is -3.59. The smallest absolute Gasteiger partial charge is 0.227 e. The molecule has 2 aromatic heterocycles. The first-order valence-corrected chi connectivity index (χ1v) is 10.9. The average Bonchev–Trinajstić information content (AvgIpc) is 2.85. The summed E-state index contributed by atoms with van der Waals surface area (Å²) in [6.07, 6.45) is 7.11. The molecular formula is C24H29N5O4. The number of rotatable bonds is 8. The zero-order valence-electron chi connectivity index (χ0n) is 19.0. The second-order valence-electron chi connectivity index (χ2n) is 7.84. The first-order chi connectivity index (χ1) is 16.1. The number of aromatic nitrogens is 3. The minimum absolute atomic E-state index is 0.0467. The third kappa shape index (κ3) is 5.25. The SMILES string of the molecule is COc1cc(Nc2nccc(-c3ccc(NC4CCCCC4O)nc3)n2)cc(OC)c1OC. The van der Waals surface area contributed by atoms with Crippen molar-refractivity contribution in [2.75, 3.05) is 32.0 Å². The van der Waals surface area contributed by atoms with Gasteiger partial charge in [0.25, 0.3) is 0 Å². The summed E-state index contributed by atoms with van der Waals surface area (Å²) in [7, 11) is 4.70. The molecule has 0 aliphatic heterocycles. The quantitative estimate of drug-likeness (QED) is 0.467. The standard InChI is InChI=1S/C24H29N5O4/c1-31-20-12-16(13-21(32-2)23(20)33-3)27-24-25-11-10-17(29-24)15-8-9-22(26-14-15)28-18-6-4-5-7-19(18)30/h8-14,18-19,30H,4-7H2,1-3H3,(H,26,28)(H,25,27,29). The van der Waals surface area contributed by atoms with E-state index in [1.807, 2.05) is 18.2 Å². The van der Waals surface area contributed by atoms with Crippen molar-refractivity contribution < 1.29 is 19.3 Å². The molecule has 174 valence electrons. The number of pyridine rings is 1. The van der Waals surface area contributed by atoms with E-state index >= 15 is 0 Å². The molecule has 1 aliphatic carbocycles. The molecule has 1 fully saturated rings. The van der Waals surface area contributed by atoms with Crippen molar-refractivity contribution in [3.63, 3.8) is 0 Å². The Labute approximate surface area is 193 Å². The molecule has 9 nitrogen and oxygen atoms in total. The van der Waals surface area contributed by atoms with Crippen LogP contribution in [0.1, 0.15) is 25.7 Å². The van der Waals surface area contributed by atoms with Crippen LogP contribution in [0, 0.1) is 0 Å². The van der Waals surface area contributed by atoms with Gasteiger partial charge in [-0.2, -0.15) is 0 Å². The minimum Gasteiger partial charge on any atom is -0.493 e. The van der Waals surface area contributed by atoms with Crippen molar-refractivity contribution in [3.05, 3.63) is 42.7 Å². The monoisotopic (exact) mass is 451 g/mol. The topological polar surface area (TPSA) is 111 Å². The molecule has 1 aromatic carbocycles. The zero-order valence-corrected chi connectivity index (χ0v) is 19.0. The van der Waals surface area contributed by atoms with Crippen LogP contribution in [0.4, 0.5) is 17.5 Å². The largest absolute Gasteiger partial charge is 0.493 e. The van der Waals surface area contributed by atoms with E-state index < -0.39 is 0 Å². The van der Waals surface area contributed by atoms with Crippen molar-refractivity contribution in [2.24, 2.45) is 0 Å². The van der Waals surface area contributed by atoms with Gasteiger partial charge in [-0.15, -0.1) is 0 Å². The lowest BCUT2D eigenvalue weighted by molar-refractivity contribution is 0.116. The molecule has 0 amide bonds. The second kappa shape index (κ2) is 10.4. The molecule has 4 rings (SSSR count). The predicted octanol–water partition coefficient (Wildman–Crippen LogP) is 4.02. The molecule has 2 unspecified atom stereocenters. The van der Waals surface area contributed by atoms with Crippen LogP contribution in [0.2, 0.25) is 0 Å². The molecule has 0 spiro atoms. The Balaban J connectivity index is 1.50. The van der Waals surface area contributed by atoms with E-state index in [0.29, 0.717) is 28.9 Å². The summed E-state index contributed by atoms with van der Waals surface area (Å²) in [5.41, 5.74) is 2.29. The lowest BCUT2D eigenvalue weighted by Gasteiger charge is -2.28. The van der Waals surface area contributed by atoms with Gasteiger partial charge in [0, 0.05) is 35.8 Å². The van der Waals surface area contributed by atoms with Gasteiger partial charge in [-0.1, -0.05) is 12.8 Å². The summed E-state index contributed by atoms with van der Waals surface area (Å²) in [6, 6.07) is 9.32. The molecule has 0 bridgehead atoms. The first-order valence-electron chi connectivity index (χ1n) is 10.9. The number of anilines is 3. The van der Waals surface area contributed by atoms with E-state index in [1.54, 1.807) is 45.9 Å². The number of nitrogens with zero attached hydrogens (tertiary/aromatic N) is 3. The molecule has 1 aliphatic rings. The maximum atomic E-state index is 10.2. The van der Waals surface area contributed by atoms with Gasteiger partial charge in [-0.05, 0) is 31.0 Å². The van der Waals surface area contributed by atoms with Crippen LogP contribution in [0.3, 0.4) is 0 Å². The van der Waals surface area contributed by atoms with Gasteiger partial charge in [0.2, 0.25) is 11.7 Å². The summed E-state index contributed by atoms with van der Waals surface area (Å²) in [4.78, 5) is 13.4. The molecular weight excluding hydrogens is 422 g/mol. The maximum absolute atomic E-state index is 10.2. The van der Waals surface area contributed by atoms with Crippen molar-refractivity contribution >= 4 is 17.5 Å². The highest BCUT2D eigenvalue weighted by atomic mass is 16.5. The number of benzene rings is 1. The van der Waals surface area contributed by atoms with Crippen LogP contribution >= 0.6 is 0 Å². The number of ether oxygens (including phenoxy) is 3. The zero-order chi connectivity index (χ0) is 23.2. The highest BCUT2D eigenvalue weighted by Crippen LogP contribution is 2.40. The van der Waals surface area contributed by atoms with Crippen molar-refractivity contribution in [2.45, 2.75) is 37.8 Å². The average molecular weight is 452 g/mol. The fraction of sp³-hybridized carbons (Fsp3) is 0.375. The number of aliphatic hydroxyl groups is 1. The van der Waals surface area contributed by atoms with Crippen LogP contribution in [0.25, 0.3) is 11.3 Å². The lowest BCUT2D eigenvalue weighted by atomic mass is 9.92. The van der Waals surface area contributed by atoms with Gasteiger partial charge >= 0.3 is 0 Å². The number of methoxy groups -OCH3 is 3. The van der Waals surface area contributed by atoms with Crippen LogP contribution in [-0.4, -0.2) is 53.5 Å². The molecule has 1 saturated carbocycles. The third-order valence-electron chi connectivity index (χ3n) is 5.70. The normalized spacial score (nSPS) is 17.8. The minimum atomic E-state index is -0.328. The maximum Gasteiger partial charge on any atom is 0.227 e. The summed E-state index contributed by atoms with van der Waals surface area (Å²) < 4.78 is 16.2. The van der Waals surface area contributed by atoms with Gasteiger partial charge in [-0.3, -0.25) is 0 Å². The van der Waals surface area contributed by atoms with Crippen molar-refractivity contribution in [1.29, 1.82) is 0 Å². The molecule has 2 atom stereocenters. The lowest BCUT2D eigenvalue weighted by Crippen LogP contribution is -2.36. The van der Waals surface area contributed by atoms with Gasteiger partial charge in [-0.25, -0.2) is 15.0 Å². The van der Waals surface area contributed by atoms with Crippen LogP contribution in [-0.2, 0) is 0 Å². The Bertz CT molecular complexity index is 1050. The van der Waals surface area contributed by atoms with Gasteiger partial charge < -0.3 is 30.0 Å². The molecule has 33 heavy (non-hydrogen) atoms. The van der Waals surface area contributed by atoms with E-state index in [4.69, 9.17) is 14.2 Å². The van der Waals surface area contributed by atoms with E-state index in [0.717, 1.165) is 42.8 Å². The van der Waals surface area contributed by atoms with Crippen molar-refractivity contribution in [3.8, 4) is 28.5 Å². The molecule has 0 saturated heterocycles. The van der Waals surface area contributed by atoms with Gasteiger partial charge in [0.05, 0.1) is 39.2 Å². The summed E-state index contributed by atoms with van der Waals surface area (Å²) in [5.74, 6) is 2.75. The Morgan fingerprint density at radius 1 is 0.939 bits per heavy atom. The van der Waals surface area contributed by atoms with Gasteiger partial charge in [0.15, 0.2) is 11.5 Å². The van der Waals surface area contributed by atoms with Crippen LogP contribution < -0.4 is 24.8 Å². The fourth-order valence-corrected chi connectivity index (χ4v) is 3.96. The van der Waals surface area contributed by atoms with Crippen LogP contribution in [0.15, 0.2) is 42.7 Å². The Morgan fingerprint density at radius 3 is 2.33 bits per heavy atom. The Morgan fingerprint density at radius 2 is 1.70 bits per heavy atom. The molecule has 2 heterocycles. The fourth-order valence-electron chi connectivity index (χ4n) is 3.96. The number of hydrogen-bond donors (Lipinski definition) is 3. The third-order valence-corrected chi connectivity index (χ3v) is 5.70. The number of nitrogens with one attached hydrogen (secondary N) is 2. The highest BCUT2D eigenvalue weighted by Gasteiger charge is 2.23. The second-order valence-corrected chi connectivity index (χ2v) is 7.84. The predicted molar refractivity (Wildman–Crippen MR) is 127 cm³/mol. The molecule has 3 aromatic rings. The first kappa shape index (κ1) is 22.6.